The second-order valence-corrected chi connectivity index (χ2v) is 5.64. The largest absolute Gasteiger partial charge is 0.493 e. The molecule has 0 radical (unpaired) electrons. The van der Waals surface area contributed by atoms with E-state index in [2.05, 4.69) is 0 Å². The lowest BCUT2D eigenvalue weighted by Crippen LogP contribution is -2.43. The van der Waals surface area contributed by atoms with E-state index < -0.39 is 12.1 Å². The Balaban J connectivity index is 1.70. The summed E-state index contributed by atoms with van der Waals surface area (Å²) < 4.78 is 15.4. The summed E-state index contributed by atoms with van der Waals surface area (Å²) >= 11 is 0. The Bertz CT molecular complexity index is 654. The van der Waals surface area contributed by atoms with Crippen LogP contribution in [0.3, 0.4) is 0 Å². The number of fused-ring (bicyclic) bond motifs is 1. The fourth-order valence-corrected chi connectivity index (χ4v) is 2.84. The van der Waals surface area contributed by atoms with Gasteiger partial charge in [0.2, 0.25) is 5.76 Å². The molecule has 0 saturated carbocycles. The monoisotopic (exact) mass is 317 g/mol. The molecule has 122 valence electrons. The third-order valence-corrected chi connectivity index (χ3v) is 3.93. The summed E-state index contributed by atoms with van der Waals surface area (Å²) in [6.07, 6.45) is 1.11. The maximum atomic E-state index is 12.7. The Morgan fingerprint density at radius 1 is 1.30 bits per heavy atom. The highest BCUT2D eigenvalue weighted by atomic mass is 16.6. The first kappa shape index (κ1) is 15.4. The molecule has 1 aromatic rings. The molecule has 0 aromatic heterocycles. The van der Waals surface area contributed by atoms with Crippen LogP contribution < -0.4 is 4.90 Å². The van der Waals surface area contributed by atoms with Crippen LogP contribution in [0, 0.1) is 0 Å². The van der Waals surface area contributed by atoms with Crippen molar-refractivity contribution >= 4 is 17.6 Å². The van der Waals surface area contributed by atoms with Crippen molar-refractivity contribution < 1.29 is 23.8 Å². The van der Waals surface area contributed by atoms with E-state index in [1.807, 2.05) is 31.2 Å². The molecule has 0 bridgehead atoms. The first-order chi connectivity index (χ1) is 11.1. The summed E-state index contributed by atoms with van der Waals surface area (Å²) in [6, 6.07) is 7.80. The van der Waals surface area contributed by atoms with Gasteiger partial charge in [0.1, 0.15) is 19.5 Å². The molecule has 2 atom stereocenters. The Kier molecular flexibility index (Phi) is 4.23. The van der Waals surface area contributed by atoms with Crippen LogP contribution in [0.2, 0.25) is 0 Å². The Morgan fingerprint density at radius 2 is 2.09 bits per heavy atom. The number of carbonyl (C=O) groups is 2. The van der Waals surface area contributed by atoms with Crippen molar-refractivity contribution in [3.63, 3.8) is 0 Å². The molecule has 2 aliphatic heterocycles. The molecular formula is C17H19NO5. The molecule has 6 heteroatoms. The number of amides is 1. The van der Waals surface area contributed by atoms with Crippen molar-refractivity contribution in [2.75, 3.05) is 18.1 Å². The van der Waals surface area contributed by atoms with Gasteiger partial charge in [-0.25, -0.2) is 4.79 Å². The number of nitrogens with zero attached hydrogens (tertiary/aromatic N) is 1. The molecule has 3 rings (SSSR count). The summed E-state index contributed by atoms with van der Waals surface area (Å²) in [5.41, 5.74) is 2.00. The van der Waals surface area contributed by atoms with Crippen molar-refractivity contribution in [2.45, 2.75) is 32.4 Å². The predicted molar refractivity (Wildman–Crippen MR) is 82.6 cm³/mol. The molecule has 2 heterocycles. The van der Waals surface area contributed by atoms with Crippen LogP contribution in [0.15, 0.2) is 36.3 Å². The molecule has 0 spiro atoms. The Morgan fingerprint density at radius 3 is 2.83 bits per heavy atom. The predicted octanol–water partition coefficient (Wildman–Crippen LogP) is 1.78. The number of hydrogen-bond acceptors (Lipinski definition) is 5. The zero-order valence-corrected chi connectivity index (χ0v) is 13.2. The first-order valence-corrected chi connectivity index (χ1v) is 7.64. The summed E-state index contributed by atoms with van der Waals surface area (Å²) in [4.78, 5) is 26.4. The van der Waals surface area contributed by atoms with Gasteiger partial charge in [0.05, 0.1) is 0 Å². The number of hydrogen-bond donors (Lipinski definition) is 0. The van der Waals surface area contributed by atoms with Gasteiger partial charge >= 0.3 is 5.97 Å². The molecule has 2 aliphatic rings. The zero-order valence-electron chi connectivity index (χ0n) is 13.2. The molecule has 0 saturated heterocycles. The van der Waals surface area contributed by atoms with Crippen LogP contribution in [-0.4, -0.2) is 37.2 Å². The summed E-state index contributed by atoms with van der Waals surface area (Å²) in [5.74, 6) is -0.940. The first-order valence-electron chi connectivity index (χ1n) is 7.64. The molecule has 23 heavy (non-hydrogen) atoms. The van der Waals surface area contributed by atoms with Crippen molar-refractivity contribution in [1.82, 2.24) is 0 Å². The highest BCUT2D eigenvalue weighted by molar-refractivity contribution is 6.00. The van der Waals surface area contributed by atoms with Crippen LogP contribution in [0.4, 0.5) is 5.69 Å². The van der Waals surface area contributed by atoms with E-state index >= 15 is 0 Å². The molecule has 1 aromatic carbocycles. The lowest BCUT2D eigenvalue weighted by Gasteiger charge is -2.26. The number of para-hydroxylation sites is 1. The molecule has 0 N–H and O–H groups in total. The van der Waals surface area contributed by atoms with Gasteiger partial charge in [-0.3, -0.25) is 4.79 Å². The molecule has 0 aliphatic carbocycles. The Labute approximate surface area is 134 Å². The van der Waals surface area contributed by atoms with Crippen molar-refractivity contribution in [3.05, 3.63) is 41.9 Å². The number of benzene rings is 1. The third kappa shape index (κ3) is 3.02. The number of carbonyl (C=O) groups excluding carboxylic acids is 2. The second-order valence-electron chi connectivity index (χ2n) is 5.64. The molecule has 0 fully saturated rings. The minimum Gasteiger partial charge on any atom is -0.493 e. The number of rotatable bonds is 3. The van der Waals surface area contributed by atoms with E-state index in [-0.39, 0.29) is 17.7 Å². The fraction of sp³-hybridized carbons (Fsp3) is 0.412. The minimum atomic E-state index is -0.900. The average Bonchev–Trinajstić information content (AvgIpc) is 2.90. The van der Waals surface area contributed by atoms with Crippen molar-refractivity contribution in [2.24, 2.45) is 0 Å². The molecule has 6 nitrogen and oxygen atoms in total. The smallest absolute Gasteiger partial charge is 0.377 e. The summed E-state index contributed by atoms with van der Waals surface area (Å²) in [5, 5.41) is 0. The third-order valence-electron chi connectivity index (χ3n) is 3.93. The van der Waals surface area contributed by atoms with Crippen LogP contribution >= 0.6 is 0 Å². The summed E-state index contributed by atoms with van der Waals surface area (Å²) in [7, 11) is 0. The van der Waals surface area contributed by atoms with Gasteiger partial charge in [-0.15, -0.1) is 0 Å². The highest BCUT2D eigenvalue weighted by Gasteiger charge is 2.35. The standard InChI is InChI=1S/C17H19NO5/c1-11-9-13-5-3-4-6-14(13)18(11)16(19)12(2)23-17(20)15-10-21-7-8-22-15/h3-6,10-12H,7-9H2,1-2H3/t11-,12+/m1/s1. The quantitative estimate of drug-likeness (QED) is 0.795. The van der Waals surface area contributed by atoms with E-state index in [0.29, 0.717) is 13.2 Å². The fourth-order valence-electron chi connectivity index (χ4n) is 2.84. The minimum absolute atomic E-state index is 0.00855. The SMILES string of the molecule is C[C@H](OC(=O)C1=COCCO1)C(=O)N1c2ccccc2C[C@H]1C. The van der Waals surface area contributed by atoms with Gasteiger partial charge in [0.15, 0.2) is 6.10 Å². The maximum absolute atomic E-state index is 12.7. The normalized spacial score (nSPS) is 20.7. The summed E-state index contributed by atoms with van der Waals surface area (Å²) in [6.45, 7) is 4.23. The number of anilines is 1. The van der Waals surface area contributed by atoms with E-state index in [1.54, 1.807) is 11.8 Å². The molecular weight excluding hydrogens is 298 g/mol. The second kappa shape index (κ2) is 6.32. The van der Waals surface area contributed by atoms with E-state index in [1.165, 1.54) is 6.26 Å². The van der Waals surface area contributed by atoms with Crippen molar-refractivity contribution in [3.8, 4) is 0 Å². The average molecular weight is 317 g/mol. The van der Waals surface area contributed by atoms with Crippen LogP contribution in [0.5, 0.6) is 0 Å². The van der Waals surface area contributed by atoms with Gasteiger partial charge in [-0.1, -0.05) is 18.2 Å². The van der Waals surface area contributed by atoms with E-state index in [4.69, 9.17) is 14.2 Å². The highest BCUT2D eigenvalue weighted by Crippen LogP contribution is 2.32. The van der Waals surface area contributed by atoms with Gasteiger partial charge in [-0.2, -0.15) is 0 Å². The molecule has 0 unspecified atom stereocenters. The van der Waals surface area contributed by atoms with Gasteiger partial charge in [-0.05, 0) is 31.9 Å². The lowest BCUT2D eigenvalue weighted by molar-refractivity contribution is -0.154. The van der Waals surface area contributed by atoms with Gasteiger partial charge in [0, 0.05) is 11.7 Å². The van der Waals surface area contributed by atoms with Gasteiger partial charge in [0.25, 0.3) is 5.91 Å². The van der Waals surface area contributed by atoms with Crippen LogP contribution in [0.1, 0.15) is 19.4 Å². The zero-order chi connectivity index (χ0) is 16.4. The van der Waals surface area contributed by atoms with Gasteiger partial charge < -0.3 is 19.1 Å². The topological polar surface area (TPSA) is 65.1 Å². The van der Waals surface area contributed by atoms with E-state index in [9.17, 15) is 9.59 Å². The lowest BCUT2D eigenvalue weighted by atomic mass is 10.1. The number of ether oxygens (including phenoxy) is 3. The maximum Gasteiger partial charge on any atom is 0.377 e. The van der Waals surface area contributed by atoms with Crippen LogP contribution in [-0.2, 0) is 30.2 Å². The van der Waals surface area contributed by atoms with E-state index in [0.717, 1.165) is 17.7 Å². The van der Waals surface area contributed by atoms with Crippen LogP contribution in [0.25, 0.3) is 0 Å². The number of esters is 1. The molecule has 1 amide bonds. The van der Waals surface area contributed by atoms with Crippen molar-refractivity contribution in [1.29, 1.82) is 0 Å². The Hall–Kier alpha value is -2.50.